The molecule has 1 fully saturated rings. The fourth-order valence-corrected chi connectivity index (χ4v) is 5.61. The van der Waals surface area contributed by atoms with Crippen LogP contribution in [0, 0.1) is 6.92 Å². The summed E-state index contributed by atoms with van der Waals surface area (Å²) in [4.78, 5) is 23.0. The van der Waals surface area contributed by atoms with Crippen molar-refractivity contribution in [3.63, 3.8) is 0 Å². The summed E-state index contributed by atoms with van der Waals surface area (Å²) >= 11 is 3.44. The third-order valence-electron chi connectivity index (χ3n) is 5.84. The second kappa shape index (κ2) is 8.85. The maximum atomic E-state index is 13.1. The van der Waals surface area contributed by atoms with Crippen molar-refractivity contribution in [1.82, 2.24) is 9.55 Å². The van der Waals surface area contributed by atoms with Gasteiger partial charge in [0.25, 0.3) is 0 Å². The molecule has 5 nitrogen and oxygen atoms in total. The minimum Gasteiger partial charge on any atom is -0.366 e. The maximum absolute atomic E-state index is 13.1. The van der Waals surface area contributed by atoms with Gasteiger partial charge in [0.1, 0.15) is 17.3 Å². The van der Waals surface area contributed by atoms with Gasteiger partial charge in [0.15, 0.2) is 5.43 Å². The zero-order chi connectivity index (χ0) is 21.2. The molecule has 1 aliphatic rings. The number of rotatable bonds is 6. The van der Waals surface area contributed by atoms with Gasteiger partial charge in [0.2, 0.25) is 0 Å². The predicted octanol–water partition coefficient (Wildman–Crippen LogP) is 5.48. The van der Waals surface area contributed by atoms with E-state index >= 15 is 0 Å². The molecule has 4 aromatic rings. The lowest BCUT2D eigenvalue weighted by Gasteiger charge is -2.28. The minimum atomic E-state index is 0.0290. The van der Waals surface area contributed by atoms with Crippen molar-refractivity contribution in [2.45, 2.75) is 39.3 Å². The van der Waals surface area contributed by atoms with Crippen molar-refractivity contribution in [1.29, 1.82) is 0 Å². The Kier molecular flexibility index (Phi) is 5.78. The summed E-state index contributed by atoms with van der Waals surface area (Å²) in [5, 5.41) is 8.39. The molecule has 0 saturated carbocycles. The Balaban J connectivity index is 1.64. The van der Waals surface area contributed by atoms with Gasteiger partial charge in [0.05, 0.1) is 18.5 Å². The standard InChI is InChI=1S/C24H26N4OS2/c1-17-13-22(27-9-3-2-4-10-27)26-24-23(17)20(29)14-21(25-15-18-7-5-11-30-18)28(24)16-19-8-6-12-31-19/h5-8,11-14,25H,2-4,9-10,15-16H2,1H3. The molecule has 160 valence electrons. The zero-order valence-corrected chi connectivity index (χ0v) is 19.3. The number of nitrogens with one attached hydrogen (secondary N) is 1. The third kappa shape index (κ3) is 4.25. The van der Waals surface area contributed by atoms with Crippen LogP contribution in [0.15, 0.2) is 52.0 Å². The van der Waals surface area contributed by atoms with Gasteiger partial charge in [-0.3, -0.25) is 4.79 Å². The van der Waals surface area contributed by atoms with E-state index in [0.717, 1.165) is 41.3 Å². The second-order valence-electron chi connectivity index (χ2n) is 8.04. The van der Waals surface area contributed by atoms with Gasteiger partial charge < -0.3 is 14.8 Å². The highest BCUT2D eigenvalue weighted by atomic mass is 32.1. The molecule has 0 amide bonds. The fourth-order valence-electron chi connectivity index (χ4n) is 4.27. The first-order chi connectivity index (χ1) is 15.2. The van der Waals surface area contributed by atoms with E-state index in [1.807, 2.05) is 6.92 Å². The topological polar surface area (TPSA) is 50.2 Å². The van der Waals surface area contributed by atoms with Crippen LogP contribution in [-0.4, -0.2) is 22.6 Å². The maximum Gasteiger partial charge on any atom is 0.193 e. The molecule has 0 radical (unpaired) electrons. The molecule has 5 heterocycles. The Morgan fingerprint density at radius 2 is 1.77 bits per heavy atom. The van der Waals surface area contributed by atoms with Gasteiger partial charge >= 0.3 is 0 Å². The molecule has 1 saturated heterocycles. The number of aromatic nitrogens is 2. The van der Waals surface area contributed by atoms with Gasteiger partial charge in [0, 0.05) is 28.9 Å². The quantitative estimate of drug-likeness (QED) is 0.423. The van der Waals surface area contributed by atoms with E-state index in [1.54, 1.807) is 28.7 Å². The van der Waals surface area contributed by atoms with Crippen LogP contribution in [0.3, 0.4) is 0 Å². The summed E-state index contributed by atoms with van der Waals surface area (Å²) in [6, 6.07) is 12.2. The van der Waals surface area contributed by atoms with Crippen LogP contribution >= 0.6 is 22.7 Å². The molecule has 4 aromatic heterocycles. The molecule has 0 aromatic carbocycles. The van der Waals surface area contributed by atoms with Crippen LogP contribution < -0.4 is 15.6 Å². The van der Waals surface area contributed by atoms with Crippen LogP contribution in [0.4, 0.5) is 11.6 Å². The average molecular weight is 451 g/mol. The van der Waals surface area contributed by atoms with Crippen molar-refractivity contribution in [2.24, 2.45) is 0 Å². The molecule has 0 unspecified atom stereocenters. The SMILES string of the molecule is Cc1cc(N2CCCCC2)nc2c1c(=O)cc(NCc1cccs1)n2Cc1cccs1. The molecule has 7 heteroatoms. The number of piperidine rings is 1. The van der Waals surface area contributed by atoms with E-state index < -0.39 is 0 Å². The van der Waals surface area contributed by atoms with E-state index in [1.165, 1.54) is 29.0 Å². The smallest absolute Gasteiger partial charge is 0.193 e. The number of fused-ring (bicyclic) bond motifs is 1. The van der Waals surface area contributed by atoms with Crippen molar-refractivity contribution in [2.75, 3.05) is 23.3 Å². The second-order valence-corrected chi connectivity index (χ2v) is 10.1. The number of nitrogens with zero attached hydrogens (tertiary/aromatic N) is 3. The summed E-state index contributed by atoms with van der Waals surface area (Å²) < 4.78 is 2.18. The Morgan fingerprint density at radius 3 is 2.48 bits per heavy atom. The number of hydrogen-bond acceptors (Lipinski definition) is 6. The van der Waals surface area contributed by atoms with Gasteiger partial charge in [-0.25, -0.2) is 4.98 Å². The van der Waals surface area contributed by atoms with Gasteiger partial charge in [-0.2, -0.15) is 0 Å². The van der Waals surface area contributed by atoms with Crippen molar-refractivity contribution in [3.05, 3.63) is 72.7 Å². The highest BCUT2D eigenvalue weighted by Crippen LogP contribution is 2.27. The largest absolute Gasteiger partial charge is 0.366 e. The molecule has 0 aliphatic carbocycles. The minimum absolute atomic E-state index is 0.0290. The number of aryl methyl sites for hydroxylation is 1. The third-order valence-corrected chi connectivity index (χ3v) is 7.58. The summed E-state index contributed by atoms with van der Waals surface area (Å²) in [6.45, 7) is 5.48. The molecule has 0 spiro atoms. The van der Waals surface area contributed by atoms with Crippen LogP contribution in [0.5, 0.6) is 0 Å². The van der Waals surface area contributed by atoms with E-state index in [0.29, 0.717) is 13.1 Å². The molecular formula is C24H26N4OS2. The lowest BCUT2D eigenvalue weighted by atomic mass is 10.1. The number of anilines is 2. The van der Waals surface area contributed by atoms with Crippen LogP contribution in [0.25, 0.3) is 11.0 Å². The van der Waals surface area contributed by atoms with Crippen LogP contribution in [0.2, 0.25) is 0 Å². The van der Waals surface area contributed by atoms with E-state index in [4.69, 9.17) is 4.98 Å². The summed E-state index contributed by atoms with van der Waals surface area (Å²) in [5.41, 5.74) is 1.80. The Hall–Kier alpha value is -2.64. The van der Waals surface area contributed by atoms with Crippen LogP contribution in [0.1, 0.15) is 34.6 Å². The lowest BCUT2D eigenvalue weighted by Crippen LogP contribution is -2.30. The summed E-state index contributed by atoms with van der Waals surface area (Å²) in [6.07, 6.45) is 3.68. The molecule has 0 bridgehead atoms. The van der Waals surface area contributed by atoms with Crippen molar-refractivity contribution >= 4 is 45.3 Å². The van der Waals surface area contributed by atoms with E-state index in [-0.39, 0.29) is 5.43 Å². The van der Waals surface area contributed by atoms with Gasteiger partial charge in [-0.05, 0) is 60.7 Å². The molecule has 1 N–H and O–H groups in total. The molecule has 31 heavy (non-hydrogen) atoms. The number of hydrogen-bond donors (Lipinski definition) is 1. The van der Waals surface area contributed by atoms with Gasteiger partial charge in [-0.15, -0.1) is 22.7 Å². The van der Waals surface area contributed by atoms with Crippen LogP contribution in [-0.2, 0) is 13.1 Å². The first-order valence-corrected chi connectivity index (χ1v) is 12.5. The summed E-state index contributed by atoms with van der Waals surface area (Å²) in [5.74, 6) is 1.81. The highest BCUT2D eigenvalue weighted by Gasteiger charge is 2.18. The highest BCUT2D eigenvalue weighted by molar-refractivity contribution is 7.10. The van der Waals surface area contributed by atoms with Crippen molar-refractivity contribution < 1.29 is 0 Å². The molecule has 5 rings (SSSR count). The first kappa shape index (κ1) is 20.3. The fraction of sp³-hybridized carbons (Fsp3) is 0.333. The normalized spacial score (nSPS) is 14.3. The molecule has 1 aliphatic heterocycles. The van der Waals surface area contributed by atoms with Gasteiger partial charge in [-0.1, -0.05) is 12.1 Å². The Morgan fingerprint density at radius 1 is 1.03 bits per heavy atom. The summed E-state index contributed by atoms with van der Waals surface area (Å²) in [7, 11) is 0. The molecular weight excluding hydrogens is 424 g/mol. The molecule has 0 atom stereocenters. The monoisotopic (exact) mass is 450 g/mol. The Bertz CT molecular complexity index is 1220. The van der Waals surface area contributed by atoms with E-state index in [2.05, 4.69) is 55.9 Å². The number of thiophene rings is 2. The number of pyridine rings is 2. The first-order valence-electron chi connectivity index (χ1n) is 10.8. The van der Waals surface area contributed by atoms with E-state index in [9.17, 15) is 4.79 Å². The predicted molar refractivity (Wildman–Crippen MR) is 132 cm³/mol. The zero-order valence-electron chi connectivity index (χ0n) is 17.6. The average Bonchev–Trinajstić information content (AvgIpc) is 3.49. The van der Waals surface area contributed by atoms with Crippen molar-refractivity contribution in [3.8, 4) is 0 Å². The lowest BCUT2D eigenvalue weighted by molar-refractivity contribution is 0.573. The Labute approximate surface area is 190 Å².